The van der Waals surface area contributed by atoms with E-state index in [0.29, 0.717) is 18.5 Å². The highest BCUT2D eigenvalue weighted by Crippen LogP contribution is 2.27. The van der Waals surface area contributed by atoms with Crippen LogP contribution in [0.15, 0.2) is 28.7 Å². The smallest absolute Gasteiger partial charge is 0.407 e. The Labute approximate surface area is 145 Å². The highest BCUT2D eigenvalue weighted by Gasteiger charge is 2.24. The van der Waals surface area contributed by atoms with Gasteiger partial charge < -0.3 is 20.2 Å². The topological polar surface area (TPSA) is 113 Å². The van der Waals surface area contributed by atoms with E-state index < -0.39 is 12.0 Å². The van der Waals surface area contributed by atoms with Crippen LogP contribution in [0.2, 0.25) is 0 Å². The Kier molecular flexibility index (Phi) is 5.06. The van der Waals surface area contributed by atoms with Crippen LogP contribution in [0.3, 0.4) is 0 Å². The molecule has 3 rings (SSSR count). The van der Waals surface area contributed by atoms with Gasteiger partial charge in [-0.3, -0.25) is 9.69 Å². The van der Waals surface area contributed by atoms with Crippen LogP contribution < -0.4 is 10.6 Å². The van der Waals surface area contributed by atoms with Gasteiger partial charge in [0.05, 0.1) is 0 Å². The molecule has 1 fully saturated rings. The number of aromatic nitrogens is 1. The van der Waals surface area contributed by atoms with Crippen molar-refractivity contribution in [1.82, 2.24) is 9.88 Å². The minimum absolute atomic E-state index is 0.253. The first-order valence-electron chi connectivity index (χ1n) is 8.39. The number of anilines is 1. The zero-order valence-electron chi connectivity index (χ0n) is 13.9. The lowest BCUT2D eigenvalue weighted by atomic mass is 9.93. The molecule has 0 saturated carbocycles. The Hall–Kier alpha value is -2.77. The summed E-state index contributed by atoms with van der Waals surface area (Å²) in [6.45, 7) is 1.71. The Balaban J connectivity index is 1.51. The molecule has 0 unspecified atom stereocenters. The molecule has 0 aliphatic carbocycles. The van der Waals surface area contributed by atoms with Crippen LogP contribution in [0, 0.1) is 5.92 Å². The largest absolute Gasteiger partial charge is 0.465 e. The van der Waals surface area contributed by atoms with Gasteiger partial charge in [0.25, 0.3) is 6.01 Å². The van der Waals surface area contributed by atoms with E-state index in [9.17, 15) is 9.59 Å². The fourth-order valence-electron chi connectivity index (χ4n) is 3.18. The quantitative estimate of drug-likeness (QED) is 0.826. The van der Waals surface area contributed by atoms with Crippen molar-refractivity contribution in [3.8, 4) is 0 Å². The van der Waals surface area contributed by atoms with Crippen LogP contribution >= 0.6 is 0 Å². The fourth-order valence-corrected chi connectivity index (χ4v) is 3.18. The maximum atomic E-state index is 11.1. The van der Waals surface area contributed by atoms with Crippen LogP contribution in [-0.2, 0) is 4.79 Å². The van der Waals surface area contributed by atoms with E-state index in [1.54, 1.807) is 0 Å². The number of nitrogens with two attached hydrogens (primary N) is 1. The molecule has 0 bridgehead atoms. The van der Waals surface area contributed by atoms with Crippen molar-refractivity contribution in [2.75, 3.05) is 31.1 Å². The minimum Gasteiger partial charge on any atom is -0.465 e. The molecule has 2 heterocycles. The van der Waals surface area contributed by atoms with E-state index in [1.807, 2.05) is 24.3 Å². The van der Waals surface area contributed by atoms with E-state index in [1.165, 1.54) is 0 Å². The fraction of sp³-hybridized carbons (Fsp3) is 0.471. The lowest BCUT2D eigenvalue weighted by Crippen LogP contribution is -2.40. The van der Waals surface area contributed by atoms with E-state index in [2.05, 4.69) is 9.88 Å². The first-order chi connectivity index (χ1) is 12.0. The molecular weight excluding hydrogens is 324 g/mol. The van der Waals surface area contributed by atoms with Gasteiger partial charge in [-0.15, -0.1) is 0 Å². The van der Waals surface area contributed by atoms with Gasteiger partial charge in [0.2, 0.25) is 5.91 Å². The SMILES string of the molecule is NC(=O)CN(CCC1CCN(c2nc3ccccc3o2)CC1)C(=O)O. The van der Waals surface area contributed by atoms with E-state index in [0.717, 1.165) is 48.4 Å². The number of piperidine rings is 1. The standard InChI is InChI=1S/C17H22N4O4/c18-15(22)11-21(17(23)24)10-7-12-5-8-20(9-6-12)16-19-13-3-1-2-4-14(13)25-16/h1-4,12H,5-11H2,(H2,18,22)(H,23,24). The van der Waals surface area contributed by atoms with Gasteiger partial charge in [-0.25, -0.2) is 4.79 Å². The number of hydrogen-bond donors (Lipinski definition) is 2. The number of para-hydroxylation sites is 2. The second-order valence-electron chi connectivity index (χ2n) is 6.35. The summed E-state index contributed by atoms with van der Waals surface area (Å²) in [5.41, 5.74) is 6.72. The second kappa shape index (κ2) is 7.42. The van der Waals surface area contributed by atoms with Crippen molar-refractivity contribution >= 4 is 29.1 Å². The van der Waals surface area contributed by atoms with Crippen molar-refractivity contribution in [2.24, 2.45) is 11.7 Å². The summed E-state index contributed by atoms with van der Waals surface area (Å²) in [5, 5.41) is 9.10. The number of benzene rings is 1. The average Bonchev–Trinajstić information content (AvgIpc) is 3.02. The molecule has 134 valence electrons. The zero-order valence-corrected chi connectivity index (χ0v) is 13.9. The number of carbonyl (C=O) groups excluding carboxylic acids is 1. The highest BCUT2D eigenvalue weighted by molar-refractivity contribution is 5.80. The Morgan fingerprint density at radius 1 is 1.32 bits per heavy atom. The lowest BCUT2D eigenvalue weighted by Gasteiger charge is -2.31. The van der Waals surface area contributed by atoms with Crippen LogP contribution in [0.1, 0.15) is 19.3 Å². The second-order valence-corrected chi connectivity index (χ2v) is 6.35. The summed E-state index contributed by atoms with van der Waals surface area (Å²) < 4.78 is 5.79. The molecule has 8 heteroatoms. The van der Waals surface area contributed by atoms with Gasteiger partial charge in [0, 0.05) is 19.6 Å². The molecule has 25 heavy (non-hydrogen) atoms. The number of oxazole rings is 1. The first-order valence-corrected chi connectivity index (χ1v) is 8.39. The summed E-state index contributed by atoms with van der Waals surface area (Å²) in [7, 11) is 0. The van der Waals surface area contributed by atoms with Crippen LogP contribution in [0.5, 0.6) is 0 Å². The highest BCUT2D eigenvalue weighted by atomic mass is 16.4. The summed E-state index contributed by atoms with van der Waals surface area (Å²) in [6, 6.07) is 8.32. The van der Waals surface area contributed by atoms with Crippen LogP contribution in [0.4, 0.5) is 10.8 Å². The zero-order chi connectivity index (χ0) is 17.8. The number of carboxylic acid groups (broad SMARTS) is 1. The third-order valence-electron chi connectivity index (χ3n) is 4.59. The van der Waals surface area contributed by atoms with Gasteiger partial charge in [0.1, 0.15) is 12.1 Å². The molecule has 3 N–H and O–H groups in total. The predicted octanol–water partition coefficient (Wildman–Crippen LogP) is 1.90. The van der Waals surface area contributed by atoms with Crippen molar-refractivity contribution in [2.45, 2.75) is 19.3 Å². The summed E-state index contributed by atoms with van der Waals surface area (Å²) >= 11 is 0. The Bertz CT molecular complexity index is 719. The van der Waals surface area contributed by atoms with Crippen molar-refractivity contribution in [1.29, 1.82) is 0 Å². The predicted molar refractivity (Wildman–Crippen MR) is 92.4 cm³/mol. The maximum Gasteiger partial charge on any atom is 0.407 e. The molecule has 1 saturated heterocycles. The van der Waals surface area contributed by atoms with E-state index in [4.69, 9.17) is 15.3 Å². The minimum atomic E-state index is -1.11. The third kappa shape index (κ3) is 4.20. The molecule has 0 atom stereocenters. The van der Waals surface area contributed by atoms with Gasteiger partial charge in [0.15, 0.2) is 5.58 Å². The van der Waals surface area contributed by atoms with Crippen molar-refractivity contribution < 1.29 is 19.1 Å². The van der Waals surface area contributed by atoms with Gasteiger partial charge in [-0.2, -0.15) is 4.98 Å². The number of fused-ring (bicyclic) bond motifs is 1. The number of hydrogen-bond acceptors (Lipinski definition) is 5. The number of carbonyl (C=O) groups is 2. The molecule has 0 spiro atoms. The van der Waals surface area contributed by atoms with Crippen molar-refractivity contribution in [3.05, 3.63) is 24.3 Å². The molecule has 2 aromatic rings. The van der Waals surface area contributed by atoms with Crippen LogP contribution in [0.25, 0.3) is 11.1 Å². The average molecular weight is 346 g/mol. The molecule has 1 aliphatic rings. The van der Waals surface area contributed by atoms with E-state index >= 15 is 0 Å². The number of primary amides is 1. The van der Waals surface area contributed by atoms with Crippen molar-refractivity contribution in [3.63, 3.8) is 0 Å². The van der Waals surface area contributed by atoms with Gasteiger partial charge in [-0.05, 0) is 37.3 Å². The molecule has 2 amide bonds. The van der Waals surface area contributed by atoms with E-state index in [-0.39, 0.29) is 6.54 Å². The molecule has 1 aromatic carbocycles. The summed E-state index contributed by atoms with van der Waals surface area (Å²) in [5.74, 6) is -0.219. The lowest BCUT2D eigenvalue weighted by molar-refractivity contribution is -0.118. The number of rotatable bonds is 6. The monoisotopic (exact) mass is 346 g/mol. The van der Waals surface area contributed by atoms with Gasteiger partial charge in [-0.1, -0.05) is 12.1 Å². The molecule has 1 aromatic heterocycles. The Morgan fingerprint density at radius 2 is 2.04 bits per heavy atom. The maximum absolute atomic E-state index is 11.1. The molecule has 1 aliphatic heterocycles. The molecule has 0 radical (unpaired) electrons. The molecule has 8 nitrogen and oxygen atoms in total. The number of amides is 2. The van der Waals surface area contributed by atoms with Gasteiger partial charge >= 0.3 is 6.09 Å². The summed E-state index contributed by atoms with van der Waals surface area (Å²) in [4.78, 5) is 29.8. The normalized spacial score (nSPS) is 15.4. The number of nitrogens with zero attached hydrogens (tertiary/aromatic N) is 3. The third-order valence-corrected chi connectivity index (χ3v) is 4.59. The van der Waals surface area contributed by atoms with Crippen LogP contribution in [-0.4, -0.2) is 53.2 Å². The first kappa shape index (κ1) is 17.1. The molecular formula is C17H22N4O4. The Morgan fingerprint density at radius 3 is 2.68 bits per heavy atom. The summed E-state index contributed by atoms with van der Waals surface area (Å²) in [6.07, 6.45) is 1.48.